The van der Waals surface area contributed by atoms with Gasteiger partial charge in [0.05, 0.1) is 10.4 Å². The van der Waals surface area contributed by atoms with Gasteiger partial charge in [-0.15, -0.1) is 0 Å². The Morgan fingerprint density at radius 1 is 1.14 bits per heavy atom. The summed E-state index contributed by atoms with van der Waals surface area (Å²) < 4.78 is 41.5. The molecule has 3 aromatic rings. The Morgan fingerprint density at radius 2 is 1.89 bits per heavy atom. The van der Waals surface area contributed by atoms with E-state index in [1.165, 1.54) is 6.07 Å². The lowest BCUT2D eigenvalue weighted by atomic mass is 10.1. The summed E-state index contributed by atoms with van der Waals surface area (Å²) in [6.07, 6.45) is -4.58. The fraction of sp³-hybridized carbons (Fsp3) is 0.111. The zero-order valence-electron chi connectivity index (χ0n) is 14.1. The molecule has 0 atom stereocenters. The Morgan fingerprint density at radius 3 is 2.61 bits per heavy atom. The number of nitro groups is 1. The van der Waals surface area contributed by atoms with Gasteiger partial charge in [-0.05, 0) is 30.3 Å². The van der Waals surface area contributed by atoms with Gasteiger partial charge in [0.25, 0.3) is 11.6 Å². The fourth-order valence-electron chi connectivity index (χ4n) is 2.43. The summed E-state index contributed by atoms with van der Waals surface area (Å²) in [6.45, 7) is -1.59. The molecule has 3 rings (SSSR count). The predicted octanol–water partition coefficient (Wildman–Crippen LogP) is 4.34. The number of carbonyl (C=O) groups is 1. The minimum absolute atomic E-state index is 0.139. The van der Waals surface area contributed by atoms with Crippen LogP contribution in [0.2, 0.25) is 0 Å². The molecule has 0 saturated carbocycles. The number of carbonyl (C=O) groups excluding carboxylic acids is 1. The van der Waals surface area contributed by atoms with Crippen molar-refractivity contribution in [2.45, 2.75) is 6.18 Å². The first-order chi connectivity index (χ1) is 13.2. The number of hydrogen-bond donors (Lipinski definition) is 1. The first-order valence-corrected chi connectivity index (χ1v) is 7.88. The van der Waals surface area contributed by atoms with E-state index in [0.29, 0.717) is 5.52 Å². The first kappa shape index (κ1) is 19.1. The standard InChI is InChI=1S/C18H12F3N3O4/c19-18(20,21)10-28-12-6-7-15(24(26)27)13(9-12)17(25)23-16-8-5-11-3-1-2-4-14(11)22-16/h1-9H,10H2,(H,22,23,25). The number of rotatable bonds is 5. The quantitative estimate of drug-likeness (QED) is 0.516. The average Bonchev–Trinajstić information content (AvgIpc) is 2.65. The van der Waals surface area contributed by atoms with Crippen LogP contribution in [-0.4, -0.2) is 28.6 Å². The van der Waals surface area contributed by atoms with Gasteiger partial charge in [-0.3, -0.25) is 14.9 Å². The topological polar surface area (TPSA) is 94.4 Å². The minimum Gasteiger partial charge on any atom is -0.484 e. The van der Waals surface area contributed by atoms with Crippen LogP contribution in [0.1, 0.15) is 10.4 Å². The van der Waals surface area contributed by atoms with E-state index in [2.05, 4.69) is 15.0 Å². The number of nitrogens with one attached hydrogen (secondary N) is 1. The van der Waals surface area contributed by atoms with E-state index in [1.807, 2.05) is 12.1 Å². The maximum Gasteiger partial charge on any atom is 0.422 e. The van der Waals surface area contributed by atoms with E-state index in [0.717, 1.165) is 23.6 Å². The number of nitrogens with zero attached hydrogens (tertiary/aromatic N) is 2. The molecule has 0 saturated heterocycles. The van der Waals surface area contributed by atoms with Crippen LogP contribution in [0.5, 0.6) is 5.75 Å². The molecule has 0 spiro atoms. The summed E-state index contributed by atoms with van der Waals surface area (Å²) in [4.78, 5) is 27.1. The van der Waals surface area contributed by atoms with Crippen LogP contribution in [0.4, 0.5) is 24.7 Å². The molecule has 1 heterocycles. The fourth-order valence-corrected chi connectivity index (χ4v) is 2.43. The van der Waals surface area contributed by atoms with Crippen molar-refractivity contribution in [3.63, 3.8) is 0 Å². The van der Waals surface area contributed by atoms with Crippen LogP contribution in [0.3, 0.4) is 0 Å². The molecular formula is C18H12F3N3O4. The number of aromatic nitrogens is 1. The number of nitro benzene ring substituents is 1. The highest BCUT2D eigenvalue weighted by Gasteiger charge is 2.29. The van der Waals surface area contributed by atoms with E-state index in [9.17, 15) is 28.1 Å². The molecule has 0 unspecified atom stereocenters. The van der Waals surface area contributed by atoms with Gasteiger partial charge in [0.15, 0.2) is 6.61 Å². The monoisotopic (exact) mass is 391 g/mol. The molecule has 10 heteroatoms. The van der Waals surface area contributed by atoms with Crippen molar-refractivity contribution in [3.05, 3.63) is 70.3 Å². The second-order valence-electron chi connectivity index (χ2n) is 5.68. The Hall–Kier alpha value is -3.69. The van der Waals surface area contributed by atoms with Gasteiger partial charge in [0.1, 0.15) is 17.1 Å². The number of amides is 1. The molecule has 1 amide bonds. The van der Waals surface area contributed by atoms with Crippen LogP contribution in [0.15, 0.2) is 54.6 Å². The SMILES string of the molecule is O=C(Nc1ccc2ccccc2n1)c1cc(OCC(F)(F)F)ccc1[N+](=O)[O-]. The Balaban J connectivity index is 1.88. The third-order valence-corrected chi connectivity index (χ3v) is 3.65. The number of ether oxygens (including phenoxy) is 1. The molecule has 1 N–H and O–H groups in total. The number of benzene rings is 2. The molecule has 0 fully saturated rings. The maximum absolute atomic E-state index is 12.5. The highest BCUT2D eigenvalue weighted by Crippen LogP contribution is 2.27. The van der Waals surface area contributed by atoms with E-state index in [4.69, 9.17) is 0 Å². The number of hydrogen-bond acceptors (Lipinski definition) is 5. The molecule has 0 aliphatic carbocycles. The van der Waals surface area contributed by atoms with Crippen LogP contribution < -0.4 is 10.1 Å². The Kier molecular flexibility index (Phi) is 5.12. The lowest BCUT2D eigenvalue weighted by molar-refractivity contribution is -0.385. The Bertz CT molecular complexity index is 1050. The molecular weight excluding hydrogens is 379 g/mol. The summed E-state index contributed by atoms with van der Waals surface area (Å²) in [5, 5.41) is 14.4. The van der Waals surface area contributed by atoms with Crippen molar-refractivity contribution in [2.24, 2.45) is 0 Å². The second kappa shape index (κ2) is 7.51. The molecule has 0 radical (unpaired) electrons. The smallest absolute Gasteiger partial charge is 0.422 e. The number of anilines is 1. The van der Waals surface area contributed by atoms with Gasteiger partial charge in [0.2, 0.25) is 0 Å². The largest absolute Gasteiger partial charge is 0.484 e. The van der Waals surface area contributed by atoms with E-state index in [1.54, 1.807) is 18.2 Å². The molecule has 0 aliphatic rings. The van der Waals surface area contributed by atoms with E-state index < -0.39 is 34.9 Å². The van der Waals surface area contributed by atoms with Crippen molar-refractivity contribution in [1.82, 2.24) is 4.98 Å². The number of para-hydroxylation sites is 1. The zero-order valence-corrected chi connectivity index (χ0v) is 14.1. The number of fused-ring (bicyclic) bond motifs is 1. The van der Waals surface area contributed by atoms with Gasteiger partial charge in [-0.2, -0.15) is 13.2 Å². The summed E-state index contributed by atoms with van der Waals surface area (Å²) in [5.74, 6) is -1.08. The number of halogens is 3. The predicted molar refractivity (Wildman–Crippen MR) is 94.3 cm³/mol. The van der Waals surface area contributed by atoms with Crippen molar-refractivity contribution in [1.29, 1.82) is 0 Å². The zero-order chi connectivity index (χ0) is 20.3. The second-order valence-corrected chi connectivity index (χ2v) is 5.68. The molecule has 0 bridgehead atoms. The lowest BCUT2D eigenvalue weighted by Crippen LogP contribution is -2.20. The normalized spacial score (nSPS) is 11.2. The van der Waals surface area contributed by atoms with Gasteiger partial charge >= 0.3 is 6.18 Å². The maximum atomic E-state index is 12.5. The van der Waals surface area contributed by atoms with Crippen LogP contribution in [-0.2, 0) is 0 Å². The van der Waals surface area contributed by atoms with Crippen LogP contribution in [0.25, 0.3) is 10.9 Å². The lowest BCUT2D eigenvalue weighted by Gasteiger charge is -2.11. The van der Waals surface area contributed by atoms with E-state index in [-0.39, 0.29) is 11.6 Å². The van der Waals surface area contributed by atoms with Gasteiger partial charge in [-0.1, -0.05) is 18.2 Å². The van der Waals surface area contributed by atoms with E-state index >= 15 is 0 Å². The summed E-state index contributed by atoms with van der Waals surface area (Å²) in [6, 6.07) is 13.1. The summed E-state index contributed by atoms with van der Waals surface area (Å²) in [7, 11) is 0. The van der Waals surface area contributed by atoms with Gasteiger partial charge < -0.3 is 10.1 Å². The minimum atomic E-state index is -4.58. The van der Waals surface area contributed by atoms with Crippen molar-refractivity contribution < 1.29 is 27.6 Å². The molecule has 144 valence electrons. The van der Waals surface area contributed by atoms with Crippen molar-refractivity contribution in [3.8, 4) is 5.75 Å². The number of pyridine rings is 1. The third kappa shape index (κ3) is 4.53. The van der Waals surface area contributed by atoms with Crippen LogP contribution in [0, 0.1) is 10.1 Å². The first-order valence-electron chi connectivity index (χ1n) is 7.88. The Labute approximate surface area is 155 Å². The van der Waals surface area contributed by atoms with Crippen LogP contribution >= 0.6 is 0 Å². The van der Waals surface area contributed by atoms with Gasteiger partial charge in [-0.25, -0.2) is 4.98 Å². The molecule has 2 aromatic carbocycles. The average molecular weight is 391 g/mol. The molecule has 1 aromatic heterocycles. The van der Waals surface area contributed by atoms with Crippen molar-refractivity contribution >= 4 is 28.3 Å². The highest BCUT2D eigenvalue weighted by molar-refractivity contribution is 6.07. The molecule has 0 aliphatic heterocycles. The number of alkyl halides is 3. The molecule has 28 heavy (non-hydrogen) atoms. The summed E-state index contributed by atoms with van der Waals surface area (Å²) in [5.41, 5.74) is -0.422. The van der Waals surface area contributed by atoms with Gasteiger partial charge in [0, 0.05) is 11.5 Å². The summed E-state index contributed by atoms with van der Waals surface area (Å²) >= 11 is 0. The highest BCUT2D eigenvalue weighted by atomic mass is 19.4. The van der Waals surface area contributed by atoms with Crippen molar-refractivity contribution in [2.75, 3.05) is 11.9 Å². The molecule has 7 nitrogen and oxygen atoms in total. The third-order valence-electron chi connectivity index (χ3n) is 3.65.